The highest BCUT2D eigenvalue weighted by Gasteiger charge is 2.18. The first kappa shape index (κ1) is 12.2. The number of aromatic nitrogens is 1. The zero-order chi connectivity index (χ0) is 11.3. The number of aromatic amines is 1. The van der Waals surface area contributed by atoms with E-state index in [0.29, 0.717) is 5.69 Å². The van der Waals surface area contributed by atoms with Gasteiger partial charge in [0.2, 0.25) is 5.75 Å². The first-order chi connectivity index (χ1) is 6.52. The van der Waals surface area contributed by atoms with Crippen molar-refractivity contribution in [2.45, 2.75) is 20.8 Å². The van der Waals surface area contributed by atoms with E-state index in [0.717, 1.165) is 6.07 Å². The third-order valence-corrected chi connectivity index (χ3v) is 1.30. The molecule has 0 spiro atoms. The number of H-pyrrole nitrogens is 1. The summed E-state index contributed by atoms with van der Waals surface area (Å²) in [6.07, 6.45) is 0. The van der Waals surface area contributed by atoms with Crippen molar-refractivity contribution in [1.82, 2.24) is 4.98 Å². The maximum absolute atomic E-state index is 10.8. The third kappa shape index (κ3) is 2.58. The van der Waals surface area contributed by atoms with Crippen molar-refractivity contribution >= 4 is 5.69 Å². The van der Waals surface area contributed by atoms with Crippen LogP contribution in [0.2, 0.25) is 0 Å². The van der Waals surface area contributed by atoms with Crippen molar-refractivity contribution in [3.63, 3.8) is 0 Å². The Balaban J connectivity index is 0.000000791. The van der Waals surface area contributed by atoms with Crippen molar-refractivity contribution in [1.29, 1.82) is 0 Å². The summed E-state index contributed by atoms with van der Waals surface area (Å²) in [5.41, 5.74) is -1.33. The van der Waals surface area contributed by atoms with Crippen molar-refractivity contribution < 1.29 is 10.0 Å². The lowest BCUT2D eigenvalue weighted by Crippen LogP contribution is -2.12. The molecule has 0 amide bonds. The van der Waals surface area contributed by atoms with Crippen LogP contribution in [0.25, 0.3) is 0 Å². The van der Waals surface area contributed by atoms with Gasteiger partial charge in [-0.05, 0) is 6.92 Å². The molecule has 0 aliphatic heterocycles. The molecule has 0 unspecified atom stereocenters. The number of pyridine rings is 1. The molecule has 1 heterocycles. The minimum absolute atomic E-state index is 0.378. The SMILES string of the molecule is CC.Cc1cc(O)c([N+](=O)[O-])c(=O)[nH]1. The Morgan fingerprint density at radius 1 is 1.50 bits per heavy atom. The number of hydrogen-bond donors (Lipinski definition) is 2. The zero-order valence-electron chi connectivity index (χ0n) is 8.20. The number of nitrogens with zero attached hydrogens (tertiary/aromatic N) is 1. The minimum Gasteiger partial charge on any atom is -0.502 e. The normalized spacial score (nSPS) is 8.79. The van der Waals surface area contributed by atoms with Gasteiger partial charge in [-0.3, -0.25) is 14.9 Å². The number of nitrogens with one attached hydrogen (secondary N) is 1. The lowest BCUT2D eigenvalue weighted by Gasteiger charge is -1.95. The van der Waals surface area contributed by atoms with Crippen LogP contribution in [0, 0.1) is 17.0 Å². The summed E-state index contributed by atoms with van der Waals surface area (Å²) < 4.78 is 0. The number of nitro groups is 1. The fourth-order valence-electron chi connectivity index (χ4n) is 0.841. The molecule has 6 nitrogen and oxygen atoms in total. The molecule has 2 N–H and O–H groups in total. The van der Waals surface area contributed by atoms with Crippen LogP contribution in [0.3, 0.4) is 0 Å². The van der Waals surface area contributed by atoms with Gasteiger partial charge in [0.25, 0.3) is 0 Å². The minimum atomic E-state index is -0.923. The molecule has 78 valence electrons. The highest BCUT2D eigenvalue weighted by Crippen LogP contribution is 2.19. The summed E-state index contributed by atoms with van der Waals surface area (Å²) in [5, 5.41) is 19.2. The van der Waals surface area contributed by atoms with Gasteiger partial charge in [-0.25, -0.2) is 0 Å². The van der Waals surface area contributed by atoms with Crippen molar-refractivity contribution in [2.24, 2.45) is 0 Å². The molecule has 14 heavy (non-hydrogen) atoms. The van der Waals surface area contributed by atoms with E-state index in [4.69, 9.17) is 5.11 Å². The molecule has 1 rings (SSSR count). The maximum Gasteiger partial charge on any atom is 0.375 e. The monoisotopic (exact) mass is 200 g/mol. The molecule has 0 bridgehead atoms. The molecular weight excluding hydrogens is 188 g/mol. The number of aryl methyl sites for hydroxylation is 1. The van der Waals surface area contributed by atoms with Gasteiger partial charge in [0, 0.05) is 11.8 Å². The molecule has 0 fully saturated rings. The van der Waals surface area contributed by atoms with E-state index in [2.05, 4.69) is 4.98 Å². The zero-order valence-corrected chi connectivity index (χ0v) is 8.20. The summed E-state index contributed by atoms with van der Waals surface area (Å²) in [7, 11) is 0. The Labute approximate surface area is 80.4 Å². The quantitative estimate of drug-likeness (QED) is 0.527. The predicted octanol–water partition coefficient (Wildman–Crippen LogP) is 1.32. The van der Waals surface area contributed by atoms with Crippen LogP contribution in [0.4, 0.5) is 5.69 Å². The van der Waals surface area contributed by atoms with Gasteiger partial charge in [-0.1, -0.05) is 13.8 Å². The van der Waals surface area contributed by atoms with Crippen LogP contribution >= 0.6 is 0 Å². The Bertz CT molecular complexity index is 383. The van der Waals surface area contributed by atoms with Crippen LogP contribution in [0.15, 0.2) is 10.9 Å². The number of hydrogen-bond acceptors (Lipinski definition) is 4. The third-order valence-electron chi connectivity index (χ3n) is 1.30. The molecule has 1 aromatic heterocycles. The summed E-state index contributed by atoms with van der Waals surface area (Å²) in [5.74, 6) is -0.610. The summed E-state index contributed by atoms with van der Waals surface area (Å²) in [6.45, 7) is 5.52. The van der Waals surface area contributed by atoms with E-state index in [1.54, 1.807) is 0 Å². The lowest BCUT2D eigenvalue weighted by molar-refractivity contribution is -0.387. The molecule has 0 saturated heterocycles. The fourth-order valence-corrected chi connectivity index (χ4v) is 0.841. The highest BCUT2D eigenvalue weighted by atomic mass is 16.6. The second-order valence-electron chi connectivity index (χ2n) is 2.27. The Morgan fingerprint density at radius 2 is 2.00 bits per heavy atom. The molecule has 0 aliphatic rings. The largest absolute Gasteiger partial charge is 0.502 e. The summed E-state index contributed by atoms with van der Waals surface area (Å²) in [4.78, 5) is 22.3. The van der Waals surface area contributed by atoms with E-state index in [-0.39, 0.29) is 0 Å². The van der Waals surface area contributed by atoms with Crippen LogP contribution < -0.4 is 5.56 Å². The van der Waals surface area contributed by atoms with Gasteiger partial charge >= 0.3 is 11.2 Å². The first-order valence-electron chi connectivity index (χ1n) is 4.09. The highest BCUT2D eigenvalue weighted by molar-refractivity contribution is 5.43. The van der Waals surface area contributed by atoms with E-state index < -0.39 is 21.9 Å². The van der Waals surface area contributed by atoms with E-state index in [9.17, 15) is 14.9 Å². The van der Waals surface area contributed by atoms with Crippen LogP contribution in [0.5, 0.6) is 5.75 Å². The molecule has 0 atom stereocenters. The van der Waals surface area contributed by atoms with Crippen molar-refractivity contribution in [3.8, 4) is 5.75 Å². The summed E-state index contributed by atoms with van der Waals surface area (Å²) >= 11 is 0. The standard InChI is InChI=1S/C6H6N2O4.C2H6/c1-3-2-4(9)5(8(11)12)6(10)7-3;1-2/h2H,1H3,(H2,7,9,10);1-2H3. The first-order valence-corrected chi connectivity index (χ1v) is 4.09. The molecule has 0 aromatic carbocycles. The van der Waals surface area contributed by atoms with Gasteiger partial charge in [0.1, 0.15) is 0 Å². The lowest BCUT2D eigenvalue weighted by atomic mass is 10.3. The van der Waals surface area contributed by atoms with Crippen molar-refractivity contribution in [2.75, 3.05) is 0 Å². The van der Waals surface area contributed by atoms with Gasteiger partial charge in [-0.15, -0.1) is 0 Å². The average molecular weight is 200 g/mol. The van der Waals surface area contributed by atoms with Gasteiger partial charge in [0.05, 0.1) is 4.92 Å². The topological polar surface area (TPSA) is 96.2 Å². The number of rotatable bonds is 1. The molecular formula is C8H12N2O4. The smallest absolute Gasteiger partial charge is 0.375 e. The molecule has 6 heteroatoms. The van der Waals surface area contributed by atoms with E-state index >= 15 is 0 Å². The Hall–Kier alpha value is -1.85. The maximum atomic E-state index is 10.8. The second kappa shape index (κ2) is 5.00. The van der Waals surface area contributed by atoms with E-state index in [1.165, 1.54) is 6.92 Å². The van der Waals surface area contributed by atoms with Crippen LogP contribution in [-0.4, -0.2) is 15.0 Å². The summed E-state index contributed by atoms with van der Waals surface area (Å²) in [6, 6.07) is 1.12. The van der Waals surface area contributed by atoms with Crippen molar-refractivity contribution in [3.05, 3.63) is 32.2 Å². The van der Waals surface area contributed by atoms with Gasteiger partial charge < -0.3 is 10.1 Å². The number of aromatic hydroxyl groups is 1. The molecule has 0 saturated carbocycles. The fraction of sp³-hybridized carbons (Fsp3) is 0.375. The molecule has 0 radical (unpaired) electrons. The molecule has 0 aliphatic carbocycles. The molecule has 1 aromatic rings. The van der Waals surface area contributed by atoms with Crippen LogP contribution in [-0.2, 0) is 0 Å². The van der Waals surface area contributed by atoms with Crippen LogP contribution in [0.1, 0.15) is 19.5 Å². The Morgan fingerprint density at radius 3 is 2.36 bits per heavy atom. The van der Waals surface area contributed by atoms with E-state index in [1.807, 2.05) is 13.8 Å². The van der Waals surface area contributed by atoms with Gasteiger partial charge in [-0.2, -0.15) is 0 Å². The predicted molar refractivity (Wildman–Crippen MR) is 51.5 cm³/mol. The Kier molecular flexibility index (Phi) is 4.34. The van der Waals surface area contributed by atoms with Gasteiger partial charge in [0.15, 0.2) is 0 Å². The second-order valence-corrected chi connectivity index (χ2v) is 2.27. The average Bonchev–Trinajstić information content (AvgIpc) is 2.04.